The summed E-state index contributed by atoms with van der Waals surface area (Å²) in [5, 5.41) is 6.35. The van der Waals surface area contributed by atoms with E-state index in [1.165, 1.54) is 12.0 Å². The van der Waals surface area contributed by atoms with Gasteiger partial charge in [0.2, 0.25) is 15.9 Å². The third-order valence-corrected chi connectivity index (χ3v) is 6.72. The van der Waals surface area contributed by atoms with E-state index in [1.807, 2.05) is 6.07 Å². The van der Waals surface area contributed by atoms with E-state index in [2.05, 4.69) is 22.3 Å². The fraction of sp³-hybridized carbons (Fsp3) is 0.632. The summed E-state index contributed by atoms with van der Waals surface area (Å²) in [6, 6.07) is 5.96. The first-order chi connectivity index (χ1) is 12.4. The summed E-state index contributed by atoms with van der Waals surface area (Å²) in [5.74, 6) is -0.0998. The summed E-state index contributed by atoms with van der Waals surface area (Å²) in [4.78, 5) is 12.4. The Kier molecular flexibility index (Phi) is 8.09. The molecule has 27 heavy (non-hydrogen) atoms. The molecule has 2 atom stereocenters. The minimum Gasteiger partial charge on any atom is -0.353 e. The van der Waals surface area contributed by atoms with Crippen molar-refractivity contribution >= 4 is 28.3 Å². The van der Waals surface area contributed by atoms with Crippen LogP contribution in [-0.2, 0) is 27.7 Å². The van der Waals surface area contributed by atoms with Gasteiger partial charge in [-0.3, -0.25) is 4.79 Å². The molecule has 1 amide bonds. The molecule has 1 fully saturated rings. The molecule has 3 rings (SSSR count). The number of hydrogen-bond acceptors (Lipinski definition) is 4. The molecule has 0 spiro atoms. The van der Waals surface area contributed by atoms with Crippen LogP contribution in [0.2, 0.25) is 0 Å². The zero-order valence-corrected chi connectivity index (χ0v) is 17.4. The molecule has 1 aliphatic carbocycles. The molecule has 8 heteroatoms. The van der Waals surface area contributed by atoms with Crippen molar-refractivity contribution in [3.63, 3.8) is 0 Å². The van der Waals surface area contributed by atoms with Gasteiger partial charge in [0.15, 0.2) is 0 Å². The van der Waals surface area contributed by atoms with Gasteiger partial charge in [-0.15, -0.1) is 12.4 Å². The van der Waals surface area contributed by atoms with Crippen LogP contribution < -0.4 is 15.4 Å². The number of amides is 1. The third-order valence-electron chi connectivity index (χ3n) is 5.26. The fourth-order valence-corrected chi connectivity index (χ4v) is 4.90. The van der Waals surface area contributed by atoms with Crippen molar-refractivity contribution in [2.45, 2.75) is 68.8 Å². The second-order valence-electron chi connectivity index (χ2n) is 7.43. The van der Waals surface area contributed by atoms with Crippen molar-refractivity contribution in [3.05, 3.63) is 29.3 Å². The van der Waals surface area contributed by atoms with Crippen molar-refractivity contribution in [1.82, 2.24) is 15.4 Å². The molecule has 0 aromatic heterocycles. The Morgan fingerprint density at radius 2 is 1.96 bits per heavy atom. The van der Waals surface area contributed by atoms with Crippen LogP contribution in [0.4, 0.5) is 0 Å². The van der Waals surface area contributed by atoms with Crippen LogP contribution in [0, 0.1) is 0 Å². The number of fused-ring (bicyclic) bond motifs is 1. The molecule has 0 bridgehead atoms. The van der Waals surface area contributed by atoms with Crippen LogP contribution in [0.1, 0.15) is 50.2 Å². The van der Waals surface area contributed by atoms with Crippen molar-refractivity contribution < 1.29 is 13.2 Å². The SMILES string of the molecule is CC1CC(NC(=O)CCNS(=O)(=O)c2ccc3c(c2)CCCC3)CCN1.Cl. The number of hydrogen-bond donors (Lipinski definition) is 3. The van der Waals surface area contributed by atoms with E-state index in [0.29, 0.717) is 10.9 Å². The Labute approximate surface area is 168 Å². The zero-order valence-electron chi connectivity index (χ0n) is 15.8. The minimum absolute atomic E-state index is 0. The highest BCUT2D eigenvalue weighted by molar-refractivity contribution is 7.89. The number of rotatable bonds is 6. The molecule has 1 aliphatic heterocycles. The van der Waals surface area contributed by atoms with E-state index in [1.54, 1.807) is 12.1 Å². The largest absolute Gasteiger partial charge is 0.353 e. The molecule has 1 heterocycles. The van der Waals surface area contributed by atoms with E-state index < -0.39 is 10.0 Å². The first kappa shape index (κ1) is 22.1. The maximum absolute atomic E-state index is 12.5. The molecular weight excluding hydrogens is 386 g/mol. The summed E-state index contributed by atoms with van der Waals surface area (Å²) in [6.45, 7) is 3.12. The first-order valence-electron chi connectivity index (χ1n) is 9.58. The Hall–Kier alpha value is -1.15. The lowest BCUT2D eigenvalue weighted by molar-refractivity contribution is -0.121. The molecule has 1 saturated heterocycles. The highest BCUT2D eigenvalue weighted by Gasteiger charge is 2.21. The molecule has 0 saturated carbocycles. The van der Waals surface area contributed by atoms with E-state index >= 15 is 0 Å². The normalized spacial score (nSPS) is 22.4. The lowest BCUT2D eigenvalue weighted by Crippen LogP contribution is -2.47. The van der Waals surface area contributed by atoms with Crippen molar-refractivity contribution in [2.24, 2.45) is 0 Å². The topological polar surface area (TPSA) is 87.3 Å². The number of sulfonamides is 1. The number of halogens is 1. The number of benzene rings is 1. The van der Waals surface area contributed by atoms with Gasteiger partial charge in [-0.2, -0.15) is 0 Å². The molecular formula is C19H30ClN3O3S. The van der Waals surface area contributed by atoms with E-state index in [-0.39, 0.29) is 37.3 Å². The monoisotopic (exact) mass is 415 g/mol. The van der Waals surface area contributed by atoms with Gasteiger partial charge in [0.05, 0.1) is 4.90 Å². The summed E-state index contributed by atoms with van der Waals surface area (Å²) >= 11 is 0. The molecule has 0 radical (unpaired) electrons. The molecule has 3 N–H and O–H groups in total. The van der Waals surface area contributed by atoms with Crippen molar-refractivity contribution in [3.8, 4) is 0 Å². The predicted molar refractivity (Wildman–Crippen MR) is 109 cm³/mol. The van der Waals surface area contributed by atoms with Crippen LogP contribution >= 0.6 is 12.4 Å². The summed E-state index contributed by atoms with van der Waals surface area (Å²) < 4.78 is 27.5. The Balaban J connectivity index is 0.00000261. The van der Waals surface area contributed by atoms with Crippen LogP contribution in [0.5, 0.6) is 0 Å². The van der Waals surface area contributed by atoms with Crippen LogP contribution in [0.3, 0.4) is 0 Å². The maximum atomic E-state index is 12.5. The smallest absolute Gasteiger partial charge is 0.240 e. The lowest BCUT2D eigenvalue weighted by Gasteiger charge is -2.28. The third kappa shape index (κ3) is 6.17. The fourth-order valence-electron chi connectivity index (χ4n) is 3.82. The quantitative estimate of drug-likeness (QED) is 0.662. The van der Waals surface area contributed by atoms with E-state index in [0.717, 1.165) is 44.2 Å². The molecule has 2 unspecified atom stereocenters. The van der Waals surface area contributed by atoms with Gasteiger partial charge in [-0.05, 0) is 75.3 Å². The molecule has 2 aliphatic rings. The highest BCUT2D eigenvalue weighted by Crippen LogP contribution is 2.24. The van der Waals surface area contributed by atoms with Crippen LogP contribution in [0.25, 0.3) is 0 Å². The van der Waals surface area contributed by atoms with Gasteiger partial charge < -0.3 is 10.6 Å². The van der Waals surface area contributed by atoms with E-state index in [4.69, 9.17) is 0 Å². The lowest BCUT2D eigenvalue weighted by atomic mass is 9.92. The highest BCUT2D eigenvalue weighted by atomic mass is 35.5. The molecule has 1 aromatic rings. The average Bonchev–Trinajstić information content (AvgIpc) is 2.61. The van der Waals surface area contributed by atoms with Crippen LogP contribution in [0.15, 0.2) is 23.1 Å². The van der Waals surface area contributed by atoms with Crippen molar-refractivity contribution in [1.29, 1.82) is 0 Å². The Morgan fingerprint density at radius 3 is 2.70 bits per heavy atom. The maximum Gasteiger partial charge on any atom is 0.240 e. The number of aryl methyl sites for hydroxylation is 2. The van der Waals surface area contributed by atoms with Gasteiger partial charge >= 0.3 is 0 Å². The second-order valence-corrected chi connectivity index (χ2v) is 9.20. The molecule has 1 aromatic carbocycles. The molecule has 6 nitrogen and oxygen atoms in total. The Bertz CT molecular complexity index is 755. The number of carbonyl (C=O) groups excluding carboxylic acids is 1. The number of piperidine rings is 1. The van der Waals surface area contributed by atoms with Crippen molar-refractivity contribution in [2.75, 3.05) is 13.1 Å². The summed E-state index contributed by atoms with van der Waals surface area (Å²) in [6.07, 6.45) is 6.22. The number of carbonyl (C=O) groups is 1. The first-order valence-corrected chi connectivity index (χ1v) is 11.1. The average molecular weight is 416 g/mol. The predicted octanol–water partition coefficient (Wildman–Crippen LogP) is 1.91. The molecule has 152 valence electrons. The summed E-state index contributed by atoms with van der Waals surface area (Å²) in [7, 11) is -3.57. The number of nitrogens with one attached hydrogen (secondary N) is 3. The summed E-state index contributed by atoms with van der Waals surface area (Å²) in [5.41, 5.74) is 2.39. The minimum atomic E-state index is -3.57. The standard InChI is InChI=1S/C19H29N3O3S.ClH/c1-14-12-17(8-10-20-14)22-19(23)9-11-21-26(24,25)18-7-6-15-4-2-3-5-16(15)13-18;/h6-7,13-14,17,20-21H,2-5,8-12H2,1H3,(H,22,23);1H. The van der Waals surface area contributed by atoms with Gasteiger partial charge in [-0.1, -0.05) is 6.07 Å². The Morgan fingerprint density at radius 1 is 1.22 bits per heavy atom. The zero-order chi connectivity index (χ0) is 18.6. The van der Waals surface area contributed by atoms with E-state index in [9.17, 15) is 13.2 Å². The second kappa shape index (κ2) is 9.87. The van der Waals surface area contributed by atoms with Gasteiger partial charge in [0, 0.05) is 25.0 Å². The van der Waals surface area contributed by atoms with Gasteiger partial charge in [-0.25, -0.2) is 13.1 Å². The van der Waals surface area contributed by atoms with Gasteiger partial charge in [0.1, 0.15) is 0 Å². The van der Waals surface area contributed by atoms with Gasteiger partial charge in [0.25, 0.3) is 0 Å². The van der Waals surface area contributed by atoms with Crippen LogP contribution in [-0.4, -0.2) is 39.5 Å².